The Balaban J connectivity index is 0. The van der Waals surface area contributed by atoms with Crippen LogP contribution in [0, 0.1) is 12.3 Å². The van der Waals surface area contributed by atoms with E-state index < -0.39 is 9.84 Å². The Hall–Kier alpha value is -0.490. The minimum Gasteiger partial charge on any atom is -0.228 e. The van der Waals surface area contributed by atoms with E-state index in [0.717, 1.165) is 6.26 Å². The molecule has 0 N–H and O–H groups in total. The van der Waals surface area contributed by atoms with E-state index in [9.17, 15) is 8.42 Å². The molecule has 0 aliphatic rings. The van der Waals surface area contributed by atoms with Crippen molar-refractivity contribution in [1.29, 1.82) is 0 Å². The smallest absolute Gasteiger partial charge is 0.158 e. The average molecular weight is 134 g/mol. The molecule has 0 aliphatic carbocycles. The third-order valence-electron chi connectivity index (χ3n) is 0.346. The van der Waals surface area contributed by atoms with Gasteiger partial charge >= 0.3 is 0 Å². The highest BCUT2D eigenvalue weighted by Crippen LogP contribution is 1.75. The number of rotatable bonds is 1. The van der Waals surface area contributed by atoms with Gasteiger partial charge in [0.25, 0.3) is 0 Å². The third-order valence-corrected chi connectivity index (χ3v) is 1.04. The van der Waals surface area contributed by atoms with Gasteiger partial charge in [0.1, 0.15) is 5.75 Å². The number of sulfone groups is 1. The van der Waals surface area contributed by atoms with Gasteiger partial charge in [0.15, 0.2) is 9.84 Å². The molecule has 0 atom stereocenters. The zero-order valence-corrected chi connectivity index (χ0v) is 4.83. The fourth-order valence-electron chi connectivity index (χ4n) is 0.151. The summed E-state index contributed by atoms with van der Waals surface area (Å²) in [6, 6.07) is 0. The molecule has 0 heterocycles. The van der Waals surface area contributed by atoms with Crippen molar-refractivity contribution >= 4 is 9.84 Å². The molecule has 0 unspecified atom stereocenters. The summed E-state index contributed by atoms with van der Waals surface area (Å²) in [5, 5.41) is 0. The van der Waals surface area contributed by atoms with Crippen LogP contribution in [0.5, 0.6) is 0 Å². The first kappa shape index (κ1) is 10.5. The lowest BCUT2D eigenvalue weighted by Crippen LogP contribution is -1.98. The van der Waals surface area contributed by atoms with Gasteiger partial charge in [0.2, 0.25) is 0 Å². The maximum atomic E-state index is 10.1. The molecule has 8 heavy (non-hydrogen) atoms. The molecule has 48 valence electrons. The summed E-state index contributed by atoms with van der Waals surface area (Å²) >= 11 is 0. The quantitative estimate of drug-likeness (QED) is 0.483. The summed E-state index contributed by atoms with van der Waals surface area (Å²) in [6.45, 7) is 0. The summed E-state index contributed by atoms with van der Waals surface area (Å²) in [5.74, 6) is 1.86. The van der Waals surface area contributed by atoms with Crippen molar-refractivity contribution in [2.24, 2.45) is 0 Å². The minimum atomic E-state index is -2.91. The largest absolute Gasteiger partial charge is 0.228 e. The Labute approximate surface area is 50.8 Å². The lowest BCUT2D eigenvalue weighted by molar-refractivity contribution is 0.605. The van der Waals surface area contributed by atoms with Crippen molar-refractivity contribution < 1.29 is 8.42 Å². The van der Waals surface area contributed by atoms with Crippen molar-refractivity contribution in [3.63, 3.8) is 0 Å². The predicted molar refractivity (Wildman–Crippen MR) is 35.3 cm³/mol. The van der Waals surface area contributed by atoms with Crippen LogP contribution in [0.1, 0.15) is 7.43 Å². The Morgan fingerprint density at radius 3 is 2.00 bits per heavy atom. The zero-order chi connectivity index (χ0) is 5.91. The van der Waals surface area contributed by atoms with Crippen LogP contribution in [0.25, 0.3) is 0 Å². The van der Waals surface area contributed by atoms with Gasteiger partial charge in [-0.3, -0.25) is 0 Å². The molecule has 0 fully saturated rings. The van der Waals surface area contributed by atoms with Crippen molar-refractivity contribution in [2.75, 3.05) is 12.0 Å². The summed E-state index contributed by atoms with van der Waals surface area (Å²) in [7, 11) is -2.91. The molecule has 0 aromatic rings. The van der Waals surface area contributed by atoms with E-state index in [1.807, 2.05) is 5.92 Å². The van der Waals surface area contributed by atoms with E-state index in [1.54, 1.807) is 0 Å². The molecule has 0 saturated heterocycles. The molecule has 2 nitrogen and oxygen atoms in total. The standard InChI is InChI=1S/C4H6O2S.CH4/c1-3-4-7(2,5)6;/h1H,4H2,2H3;1H4. The normalized spacial score (nSPS) is 9.00. The van der Waals surface area contributed by atoms with Crippen LogP contribution in [-0.2, 0) is 9.84 Å². The maximum absolute atomic E-state index is 10.1. The van der Waals surface area contributed by atoms with Gasteiger partial charge in [-0.1, -0.05) is 13.3 Å². The van der Waals surface area contributed by atoms with Crippen molar-refractivity contribution in [1.82, 2.24) is 0 Å². The molecule has 0 saturated carbocycles. The summed E-state index contributed by atoms with van der Waals surface area (Å²) < 4.78 is 20.2. The summed E-state index contributed by atoms with van der Waals surface area (Å²) in [4.78, 5) is 0. The Kier molecular flexibility index (Phi) is 4.59. The summed E-state index contributed by atoms with van der Waals surface area (Å²) in [6.07, 6.45) is 5.79. The average Bonchev–Trinajstić information content (AvgIpc) is 1.30. The topological polar surface area (TPSA) is 34.1 Å². The first-order chi connectivity index (χ1) is 3.06. The van der Waals surface area contributed by atoms with Crippen LogP contribution in [0.2, 0.25) is 0 Å². The maximum Gasteiger partial charge on any atom is 0.158 e. The minimum absolute atomic E-state index is 0. The van der Waals surface area contributed by atoms with Gasteiger partial charge in [-0.2, -0.15) is 0 Å². The number of hydrogen-bond donors (Lipinski definition) is 0. The molecule has 0 radical (unpaired) electrons. The van der Waals surface area contributed by atoms with Crippen molar-refractivity contribution in [3.8, 4) is 12.3 Å². The molecular weight excluding hydrogens is 124 g/mol. The van der Waals surface area contributed by atoms with E-state index in [4.69, 9.17) is 0 Å². The van der Waals surface area contributed by atoms with Gasteiger partial charge < -0.3 is 0 Å². The molecule has 0 spiro atoms. The number of terminal acetylenes is 1. The van der Waals surface area contributed by atoms with Crippen LogP contribution >= 0.6 is 0 Å². The predicted octanol–water partition coefficient (Wildman–Crippen LogP) is 0.300. The first-order valence-corrected chi connectivity index (χ1v) is 3.73. The second-order valence-electron chi connectivity index (χ2n) is 1.27. The number of hydrogen-bond acceptors (Lipinski definition) is 2. The molecule has 0 amide bonds. The SMILES string of the molecule is C.C#CCS(C)(=O)=O. The molecule has 0 bridgehead atoms. The van der Waals surface area contributed by atoms with Crippen LogP contribution in [0.3, 0.4) is 0 Å². The van der Waals surface area contributed by atoms with E-state index in [-0.39, 0.29) is 13.2 Å². The molecule has 0 rings (SSSR count). The fraction of sp³-hybridized carbons (Fsp3) is 0.600. The van der Waals surface area contributed by atoms with Gasteiger partial charge in [-0.15, -0.1) is 6.42 Å². The molecule has 3 heteroatoms. The second-order valence-corrected chi connectivity index (χ2v) is 3.41. The molecule has 0 aromatic carbocycles. The highest BCUT2D eigenvalue weighted by Gasteiger charge is 1.93. The molecule has 0 aliphatic heterocycles. The van der Waals surface area contributed by atoms with Crippen molar-refractivity contribution in [2.45, 2.75) is 7.43 Å². The van der Waals surface area contributed by atoms with Crippen LogP contribution in [0.15, 0.2) is 0 Å². The van der Waals surface area contributed by atoms with Crippen LogP contribution < -0.4 is 0 Å². The van der Waals surface area contributed by atoms with Gasteiger partial charge in [0.05, 0.1) is 0 Å². The Morgan fingerprint density at radius 2 is 2.00 bits per heavy atom. The Morgan fingerprint density at radius 1 is 1.62 bits per heavy atom. The molecule has 0 aromatic heterocycles. The second kappa shape index (κ2) is 3.50. The van der Waals surface area contributed by atoms with Crippen LogP contribution in [-0.4, -0.2) is 20.4 Å². The van der Waals surface area contributed by atoms with Crippen molar-refractivity contribution in [3.05, 3.63) is 0 Å². The summed E-state index contributed by atoms with van der Waals surface area (Å²) in [5.41, 5.74) is 0. The van der Waals surface area contributed by atoms with Gasteiger partial charge in [0, 0.05) is 6.26 Å². The lowest BCUT2D eigenvalue weighted by atomic mass is 10.8. The van der Waals surface area contributed by atoms with Crippen LogP contribution in [0.4, 0.5) is 0 Å². The van der Waals surface area contributed by atoms with Gasteiger partial charge in [-0.25, -0.2) is 8.42 Å². The van der Waals surface area contributed by atoms with E-state index >= 15 is 0 Å². The third kappa shape index (κ3) is 9.10. The first-order valence-electron chi connectivity index (χ1n) is 1.67. The monoisotopic (exact) mass is 134 g/mol. The zero-order valence-electron chi connectivity index (χ0n) is 4.01. The highest BCUT2D eigenvalue weighted by molar-refractivity contribution is 7.90. The van der Waals surface area contributed by atoms with E-state index in [0.29, 0.717) is 0 Å². The van der Waals surface area contributed by atoms with Gasteiger partial charge in [-0.05, 0) is 0 Å². The Bertz CT molecular complexity index is 171. The lowest BCUT2D eigenvalue weighted by Gasteiger charge is -1.81. The molecular formula is C5H10O2S. The highest BCUT2D eigenvalue weighted by atomic mass is 32.2. The fourth-order valence-corrected chi connectivity index (χ4v) is 0.454. The van der Waals surface area contributed by atoms with E-state index in [2.05, 4.69) is 6.42 Å². The van der Waals surface area contributed by atoms with E-state index in [1.165, 1.54) is 0 Å².